The molecule has 0 saturated carbocycles. The first kappa shape index (κ1) is 16.7. The Morgan fingerprint density at radius 1 is 1.12 bits per heavy atom. The van der Waals surface area contributed by atoms with Crippen LogP contribution in [-0.4, -0.2) is 41.0 Å². The molecular formula is C21H27N3OS. The second kappa shape index (κ2) is 6.93. The summed E-state index contributed by atoms with van der Waals surface area (Å²) in [5.74, 6) is 1.51. The number of hydrogen-bond acceptors (Lipinski definition) is 4. The number of thiazole rings is 1. The molecule has 3 aliphatic heterocycles. The second-order valence-corrected chi connectivity index (χ2v) is 9.42. The molecule has 3 fully saturated rings. The molecule has 0 spiro atoms. The molecule has 5 rings (SSSR count). The van der Waals surface area contributed by atoms with E-state index in [9.17, 15) is 4.79 Å². The summed E-state index contributed by atoms with van der Waals surface area (Å²) in [4.78, 5) is 19.7. The van der Waals surface area contributed by atoms with Gasteiger partial charge in [0.05, 0.1) is 15.2 Å². The zero-order valence-corrected chi connectivity index (χ0v) is 16.0. The van der Waals surface area contributed by atoms with Crippen LogP contribution in [0.2, 0.25) is 0 Å². The topological polar surface area (TPSA) is 45.2 Å². The van der Waals surface area contributed by atoms with E-state index in [1.807, 2.05) is 11.3 Å². The molecule has 1 aromatic heterocycles. The quantitative estimate of drug-likeness (QED) is 0.892. The van der Waals surface area contributed by atoms with Gasteiger partial charge in [-0.3, -0.25) is 4.79 Å². The van der Waals surface area contributed by atoms with E-state index in [1.165, 1.54) is 35.4 Å². The van der Waals surface area contributed by atoms with Crippen molar-refractivity contribution in [3.63, 3.8) is 0 Å². The van der Waals surface area contributed by atoms with Crippen LogP contribution in [0.1, 0.15) is 55.9 Å². The molecule has 2 aromatic rings. The van der Waals surface area contributed by atoms with Crippen LogP contribution in [0.4, 0.5) is 0 Å². The van der Waals surface area contributed by atoms with Crippen molar-refractivity contribution in [1.29, 1.82) is 0 Å². The molecule has 0 radical (unpaired) electrons. The lowest BCUT2D eigenvalue weighted by Gasteiger charge is -2.34. The van der Waals surface area contributed by atoms with Gasteiger partial charge in [-0.05, 0) is 56.6 Å². The predicted molar refractivity (Wildman–Crippen MR) is 105 cm³/mol. The molecule has 2 unspecified atom stereocenters. The maximum atomic E-state index is 12.8. The number of hydrogen-bond donors (Lipinski definition) is 1. The number of carbonyl (C=O) groups is 1. The molecule has 5 heteroatoms. The number of piperidine rings is 2. The lowest BCUT2D eigenvalue weighted by atomic mass is 9.88. The normalized spacial score (nSPS) is 29.4. The highest BCUT2D eigenvalue weighted by atomic mass is 32.1. The Morgan fingerprint density at radius 3 is 2.58 bits per heavy atom. The van der Waals surface area contributed by atoms with E-state index in [0.29, 0.717) is 29.8 Å². The standard InChI is InChI=1S/C21H27N3OS/c25-20(13-14-11-16-5-6-17(12-14)22-16)24-9-7-15(8-10-24)21-23-18-3-1-2-4-19(18)26-21/h1-4,14-17,22H,5-13H2. The number of rotatable bonds is 3. The van der Waals surface area contributed by atoms with Crippen molar-refractivity contribution in [2.45, 2.75) is 62.9 Å². The summed E-state index contributed by atoms with van der Waals surface area (Å²) in [6, 6.07) is 9.74. The minimum atomic E-state index is 0.388. The summed E-state index contributed by atoms with van der Waals surface area (Å²) >= 11 is 1.83. The largest absolute Gasteiger partial charge is 0.343 e. The number of para-hydroxylation sites is 1. The summed E-state index contributed by atoms with van der Waals surface area (Å²) < 4.78 is 1.28. The van der Waals surface area contributed by atoms with E-state index >= 15 is 0 Å². The maximum Gasteiger partial charge on any atom is 0.222 e. The van der Waals surface area contributed by atoms with Crippen LogP contribution in [0.3, 0.4) is 0 Å². The van der Waals surface area contributed by atoms with Gasteiger partial charge in [0.2, 0.25) is 5.91 Å². The number of amides is 1. The van der Waals surface area contributed by atoms with Crippen LogP contribution in [0.5, 0.6) is 0 Å². The molecule has 3 aliphatic rings. The Labute approximate surface area is 159 Å². The molecule has 4 nitrogen and oxygen atoms in total. The van der Waals surface area contributed by atoms with E-state index in [2.05, 4.69) is 34.5 Å². The van der Waals surface area contributed by atoms with E-state index in [-0.39, 0.29) is 0 Å². The molecular weight excluding hydrogens is 342 g/mol. The molecule has 1 N–H and O–H groups in total. The fraction of sp³-hybridized carbons (Fsp3) is 0.619. The molecule has 3 saturated heterocycles. The van der Waals surface area contributed by atoms with Crippen molar-refractivity contribution in [3.05, 3.63) is 29.3 Å². The Hall–Kier alpha value is -1.46. The molecule has 2 bridgehead atoms. The first-order chi connectivity index (χ1) is 12.7. The predicted octanol–water partition coefficient (Wildman–Crippen LogP) is 3.92. The molecule has 1 aromatic carbocycles. The number of benzene rings is 1. The smallest absolute Gasteiger partial charge is 0.222 e. The number of carbonyl (C=O) groups excluding carboxylic acids is 1. The van der Waals surface area contributed by atoms with Gasteiger partial charge >= 0.3 is 0 Å². The number of aromatic nitrogens is 1. The van der Waals surface area contributed by atoms with Gasteiger partial charge in [0.25, 0.3) is 0 Å². The van der Waals surface area contributed by atoms with Gasteiger partial charge in [-0.2, -0.15) is 0 Å². The monoisotopic (exact) mass is 369 g/mol. The summed E-state index contributed by atoms with van der Waals surface area (Å²) in [5, 5.41) is 4.93. The minimum absolute atomic E-state index is 0.388. The van der Waals surface area contributed by atoms with Crippen molar-refractivity contribution in [2.24, 2.45) is 5.92 Å². The van der Waals surface area contributed by atoms with Crippen molar-refractivity contribution in [3.8, 4) is 0 Å². The highest BCUT2D eigenvalue weighted by molar-refractivity contribution is 7.18. The van der Waals surface area contributed by atoms with Gasteiger partial charge in [-0.25, -0.2) is 4.98 Å². The fourth-order valence-electron chi connectivity index (χ4n) is 5.16. The number of nitrogens with one attached hydrogen (secondary N) is 1. The fourth-order valence-corrected chi connectivity index (χ4v) is 6.29. The highest BCUT2D eigenvalue weighted by Crippen LogP contribution is 2.36. The lowest BCUT2D eigenvalue weighted by molar-refractivity contribution is -0.133. The summed E-state index contributed by atoms with van der Waals surface area (Å²) in [6.45, 7) is 1.80. The Balaban J connectivity index is 1.17. The summed E-state index contributed by atoms with van der Waals surface area (Å²) in [5.41, 5.74) is 1.12. The van der Waals surface area contributed by atoms with Crippen LogP contribution in [0.25, 0.3) is 10.2 Å². The van der Waals surface area contributed by atoms with E-state index in [4.69, 9.17) is 4.98 Å². The van der Waals surface area contributed by atoms with Gasteiger partial charge in [-0.15, -0.1) is 11.3 Å². The van der Waals surface area contributed by atoms with Crippen LogP contribution < -0.4 is 5.32 Å². The second-order valence-electron chi connectivity index (χ2n) is 8.35. The van der Waals surface area contributed by atoms with E-state index < -0.39 is 0 Å². The molecule has 0 aliphatic carbocycles. The lowest BCUT2D eigenvalue weighted by Crippen LogP contribution is -2.42. The van der Waals surface area contributed by atoms with Crippen LogP contribution >= 0.6 is 11.3 Å². The Bertz CT molecular complexity index is 750. The minimum Gasteiger partial charge on any atom is -0.343 e. The average molecular weight is 370 g/mol. The molecule has 26 heavy (non-hydrogen) atoms. The third-order valence-electron chi connectivity index (χ3n) is 6.54. The summed E-state index contributed by atoms with van der Waals surface area (Å²) in [6.07, 6.45) is 7.90. The van der Waals surface area contributed by atoms with Crippen molar-refractivity contribution in [1.82, 2.24) is 15.2 Å². The van der Waals surface area contributed by atoms with Crippen LogP contribution in [0.15, 0.2) is 24.3 Å². The van der Waals surface area contributed by atoms with Gasteiger partial charge in [0.1, 0.15) is 0 Å². The SMILES string of the molecule is O=C(CC1CC2CCC(C1)N2)N1CCC(c2nc3ccccc3s2)CC1. The van der Waals surface area contributed by atoms with Crippen molar-refractivity contribution in [2.75, 3.05) is 13.1 Å². The molecule has 2 atom stereocenters. The Morgan fingerprint density at radius 2 is 1.85 bits per heavy atom. The van der Waals surface area contributed by atoms with Crippen molar-refractivity contribution >= 4 is 27.5 Å². The van der Waals surface area contributed by atoms with Gasteiger partial charge in [0, 0.05) is 37.5 Å². The first-order valence-electron chi connectivity index (χ1n) is 10.1. The van der Waals surface area contributed by atoms with Crippen LogP contribution in [0, 0.1) is 5.92 Å². The zero-order valence-electron chi connectivity index (χ0n) is 15.2. The van der Waals surface area contributed by atoms with E-state index in [1.54, 1.807) is 0 Å². The summed E-state index contributed by atoms with van der Waals surface area (Å²) in [7, 11) is 0. The van der Waals surface area contributed by atoms with Gasteiger partial charge < -0.3 is 10.2 Å². The molecule has 4 heterocycles. The zero-order chi connectivity index (χ0) is 17.5. The van der Waals surface area contributed by atoms with Crippen molar-refractivity contribution < 1.29 is 4.79 Å². The number of nitrogens with zero attached hydrogens (tertiary/aromatic N) is 2. The maximum absolute atomic E-state index is 12.8. The first-order valence-corrected chi connectivity index (χ1v) is 11.0. The van der Waals surface area contributed by atoms with Gasteiger partial charge in [0.15, 0.2) is 0 Å². The highest BCUT2D eigenvalue weighted by Gasteiger charge is 2.35. The van der Waals surface area contributed by atoms with E-state index in [0.717, 1.165) is 37.9 Å². The molecule has 1 amide bonds. The number of likely N-dealkylation sites (tertiary alicyclic amines) is 1. The average Bonchev–Trinajstić information content (AvgIpc) is 3.24. The third-order valence-corrected chi connectivity index (χ3v) is 7.74. The Kier molecular flexibility index (Phi) is 4.45. The van der Waals surface area contributed by atoms with Gasteiger partial charge in [-0.1, -0.05) is 12.1 Å². The van der Waals surface area contributed by atoms with Crippen LogP contribution in [-0.2, 0) is 4.79 Å². The number of fused-ring (bicyclic) bond motifs is 3. The molecule has 138 valence electrons. The third kappa shape index (κ3) is 3.27.